The Morgan fingerprint density at radius 3 is 2.38 bits per heavy atom. The number of furan rings is 1. The number of hydrogen-bond donors (Lipinski definition) is 2. The highest BCUT2D eigenvalue weighted by molar-refractivity contribution is 8.02. The van der Waals surface area contributed by atoms with Crippen molar-refractivity contribution in [3.63, 3.8) is 0 Å². The number of rotatable bonds is 6. The molecule has 0 saturated carbocycles. The van der Waals surface area contributed by atoms with E-state index in [1.54, 1.807) is 11.8 Å². The molecule has 0 aliphatic carbocycles. The largest absolute Gasteiger partial charge is 0.465 e. The van der Waals surface area contributed by atoms with Gasteiger partial charge in [0, 0.05) is 17.1 Å². The summed E-state index contributed by atoms with van der Waals surface area (Å²) in [6.07, 6.45) is 0. The van der Waals surface area contributed by atoms with Crippen LogP contribution in [0.5, 0.6) is 0 Å². The lowest BCUT2D eigenvalue weighted by molar-refractivity contribution is -0.113. The molecule has 5 nitrogen and oxygen atoms in total. The van der Waals surface area contributed by atoms with Crippen LogP contribution in [0.25, 0.3) is 0 Å². The molecule has 0 fully saturated rings. The van der Waals surface area contributed by atoms with E-state index in [0.29, 0.717) is 34.0 Å². The Morgan fingerprint density at radius 2 is 1.75 bits per heavy atom. The van der Waals surface area contributed by atoms with Crippen molar-refractivity contribution in [1.29, 1.82) is 5.26 Å². The number of nitrogens with zero attached hydrogens (tertiary/aromatic N) is 1. The lowest BCUT2D eigenvalue weighted by atomic mass is 9.85. The molecular weight excluding hydrogens is 418 g/mol. The van der Waals surface area contributed by atoms with Crippen molar-refractivity contribution in [2.24, 2.45) is 0 Å². The Morgan fingerprint density at radius 1 is 1.06 bits per heavy atom. The number of allylic oxidation sites excluding steroid dienone is 2. The average Bonchev–Trinajstić information content (AvgIpc) is 3.24. The molecule has 0 saturated heterocycles. The van der Waals surface area contributed by atoms with Gasteiger partial charge in [-0.3, -0.25) is 4.79 Å². The van der Waals surface area contributed by atoms with E-state index in [0.717, 1.165) is 16.4 Å². The van der Waals surface area contributed by atoms with Crippen molar-refractivity contribution in [3.8, 4) is 6.07 Å². The van der Waals surface area contributed by atoms with Crippen LogP contribution in [0.1, 0.15) is 29.9 Å². The molecule has 1 amide bonds. The number of thioether (sulfide) groups is 1. The van der Waals surface area contributed by atoms with Gasteiger partial charge in [-0.05, 0) is 43.7 Å². The van der Waals surface area contributed by atoms with Crippen LogP contribution in [0.4, 0.5) is 5.69 Å². The predicted octanol–water partition coefficient (Wildman–Crippen LogP) is 5.86. The first-order valence-corrected chi connectivity index (χ1v) is 11.3. The number of aryl methyl sites for hydroxylation is 1. The lowest BCUT2D eigenvalue weighted by Crippen LogP contribution is -2.30. The number of carbonyl (C=O) groups is 1. The lowest BCUT2D eigenvalue weighted by Gasteiger charge is -2.28. The van der Waals surface area contributed by atoms with Crippen molar-refractivity contribution in [2.75, 3.05) is 5.32 Å². The van der Waals surface area contributed by atoms with Crippen molar-refractivity contribution >= 4 is 23.4 Å². The summed E-state index contributed by atoms with van der Waals surface area (Å²) in [5.74, 6) is 1.17. The molecule has 1 atom stereocenters. The van der Waals surface area contributed by atoms with E-state index in [2.05, 4.69) is 28.8 Å². The first kappa shape index (κ1) is 21.5. The topological polar surface area (TPSA) is 78.1 Å². The fraction of sp³-hybridized carbons (Fsp3) is 0.154. The summed E-state index contributed by atoms with van der Waals surface area (Å²) in [7, 11) is 0. The minimum Gasteiger partial charge on any atom is -0.465 e. The van der Waals surface area contributed by atoms with Crippen molar-refractivity contribution < 1.29 is 9.21 Å². The quantitative estimate of drug-likeness (QED) is 0.501. The van der Waals surface area contributed by atoms with Crippen molar-refractivity contribution in [3.05, 3.63) is 112 Å². The summed E-state index contributed by atoms with van der Waals surface area (Å²) in [5.41, 5.74) is 3.50. The minimum absolute atomic E-state index is 0.264. The summed E-state index contributed by atoms with van der Waals surface area (Å²) in [5, 5.41) is 17.1. The smallest absolute Gasteiger partial charge is 0.254 e. The van der Waals surface area contributed by atoms with Crippen LogP contribution >= 0.6 is 11.8 Å². The molecule has 1 aromatic heterocycles. The van der Waals surface area contributed by atoms with E-state index in [1.165, 1.54) is 0 Å². The second kappa shape index (κ2) is 9.63. The number of hydrogen-bond acceptors (Lipinski definition) is 5. The normalized spacial score (nSPS) is 15.8. The number of benzene rings is 2. The first-order valence-electron chi connectivity index (χ1n) is 10.3. The Kier molecular flexibility index (Phi) is 6.48. The Hall–Kier alpha value is -3.69. The third-order valence-corrected chi connectivity index (χ3v) is 6.28. The first-order chi connectivity index (χ1) is 15.6. The van der Waals surface area contributed by atoms with Crippen molar-refractivity contribution in [1.82, 2.24) is 5.32 Å². The maximum absolute atomic E-state index is 13.3. The SMILES string of the molecule is CC1=C(C(=O)Nc2ccccc2)[C@@H](c2ccc(C)o2)C(C#N)=C(SCc2ccccc2)N1. The van der Waals surface area contributed by atoms with Gasteiger partial charge in [0.15, 0.2) is 0 Å². The summed E-state index contributed by atoms with van der Waals surface area (Å²) in [6.45, 7) is 3.71. The number of nitrogens with one attached hydrogen (secondary N) is 2. The average molecular weight is 442 g/mol. The number of anilines is 1. The molecule has 2 aromatic carbocycles. The fourth-order valence-corrected chi connectivity index (χ4v) is 4.72. The monoisotopic (exact) mass is 441 g/mol. The molecule has 2 N–H and O–H groups in total. The third-order valence-electron chi connectivity index (χ3n) is 5.20. The van der Waals surface area contributed by atoms with Gasteiger partial charge in [0.05, 0.1) is 28.2 Å². The van der Waals surface area contributed by atoms with Gasteiger partial charge in [0.25, 0.3) is 5.91 Å². The molecule has 1 aliphatic heterocycles. The highest BCUT2D eigenvalue weighted by atomic mass is 32.2. The van der Waals surface area contributed by atoms with Crippen LogP contribution in [0.2, 0.25) is 0 Å². The second-order valence-electron chi connectivity index (χ2n) is 7.49. The number of amides is 1. The van der Waals surface area contributed by atoms with Crippen LogP contribution < -0.4 is 10.6 Å². The zero-order valence-corrected chi connectivity index (χ0v) is 18.7. The maximum Gasteiger partial charge on any atom is 0.254 e. The zero-order valence-electron chi connectivity index (χ0n) is 17.9. The molecule has 1 aliphatic rings. The molecule has 0 spiro atoms. The Balaban J connectivity index is 1.70. The molecule has 0 radical (unpaired) electrons. The van der Waals surface area contributed by atoms with Crippen LogP contribution in [-0.2, 0) is 10.5 Å². The van der Waals surface area contributed by atoms with E-state index in [1.807, 2.05) is 74.5 Å². The number of nitriles is 1. The minimum atomic E-state index is -0.586. The van der Waals surface area contributed by atoms with Gasteiger partial charge in [0.1, 0.15) is 11.5 Å². The van der Waals surface area contributed by atoms with Crippen molar-refractivity contribution in [2.45, 2.75) is 25.5 Å². The molecular formula is C26H23N3O2S. The highest BCUT2D eigenvalue weighted by Gasteiger charge is 2.36. The highest BCUT2D eigenvalue weighted by Crippen LogP contribution is 2.42. The predicted molar refractivity (Wildman–Crippen MR) is 127 cm³/mol. The van der Waals surface area contributed by atoms with Gasteiger partial charge in [-0.25, -0.2) is 0 Å². The standard InChI is InChI=1S/C26H23N3O2S/c1-17-13-14-22(31-17)24-21(15-27)26(32-16-19-9-5-3-6-10-19)28-18(2)23(24)25(30)29-20-11-7-4-8-12-20/h3-14,24,28H,16H2,1-2H3,(H,29,30)/t24-/m1/s1. The molecule has 4 rings (SSSR count). The maximum atomic E-state index is 13.3. The van der Waals surface area contributed by atoms with E-state index in [-0.39, 0.29) is 5.91 Å². The molecule has 32 heavy (non-hydrogen) atoms. The van der Waals surface area contributed by atoms with Crippen LogP contribution in [-0.4, -0.2) is 5.91 Å². The number of para-hydroxylation sites is 1. The zero-order chi connectivity index (χ0) is 22.5. The number of dihydropyridines is 1. The second-order valence-corrected chi connectivity index (χ2v) is 8.48. The molecule has 0 unspecified atom stereocenters. The Labute approximate surface area is 191 Å². The van der Waals surface area contributed by atoms with Gasteiger partial charge in [-0.1, -0.05) is 48.5 Å². The van der Waals surface area contributed by atoms with E-state index in [4.69, 9.17) is 4.42 Å². The van der Waals surface area contributed by atoms with Gasteiger partial charge in [-0.15, -0.1) is 11.8 Å². The third kappa shape index (κ3) is 4.63. The van der Waals surface area contributed by atoms with E-state index < -0.39 is 5.92 Å². The van der Waals surface area contributed by atoms with Gasteiger partial charge >= 0.3 is 0 Å². The van der Waals surface area contributed by atoms with Crippen LogP contribution in [0.15, 0.2) is 99.1 Å². The van der Waals surface area contributed by atoms with E-state index in [9.17, 15) is 10.1 Å². The fourth-order valence-electron chi connectivity index (χ4n) is 3.67. The van der Waals surface area contributed by atoms with Crippen LogP contribution in [0, 0.1) is 18.3 Å². The van der Waals surface area contributed by atoms with Gasteiger partial charge in [-0.2, -0.15) is 5.26 Å². The Bertz CT molecular complexity index is 1220. The summed E-state index contributed by atoms with van der Waals surface area (Å²) >= 11 is 1.55. The molecule has 6 heteroatoms. The molecule has 160 valence electrons. The molecule has 0 bridgehead atoms. The van der Waals surface area contributed by atoms with Gasteiger partial charge in [0.2, 0.25) is 0 Å². The summed E-state index contributed by atoms with van der Waals surface area (Å²) in [6, 6.07) is 25.4. The molecule has 3 aromatic rings. The number of carbonyl (C=O) groups excluding carboxylic acids is 1. The summed E-state index contributed by atoms with van der Waals surface area (Å²) < 4.78 is 5.91. The van der Waals surface area contributed by atoms with E-state index >= 15 is 0 Å². The summed E-state index contributed by atoms with van der Waals surface area (Å²) in [4.78, 5) is 13.3. The molecule has 2 heterocycles. The van der Waals surface area contributed by atoms with Gasteiger partial charge < -0.3 is 15.1 Å². The van der Waals surface area contributed by atoms with Crippen LogP contribution in [0.3, 0.4) is 0 Å².